The lowest BCUT2D eigenvalue weighted by Crippen LogP contribution is -2.22. The molecule has 0 aromatic carbocycles. The lowest BCUT2D eigenvalue weighted by molar-refractivity contribution is 0.0828. The van der Waals surface area contributed by atoms with Crippen LogP contribution in [0.1, 0.15) is 40.5 Å². The highest BCUT2D eigenvalue weighted by atomic mass is 16.5. The van der Waals surface area contributed by atoms with Gasteiger partial charge in [-0.1, -0.05) is 25.5 Å². The Morgan fingerprint density at radius 3 is 2.73 bits per heavy atom. The van der Waals surface area contributed by atoms with Crippen molar-refractivity contribution in [2.24, 2.45) is 5.92 Å². The van der Waals surface area contributed by atoms with E-state index in [4.69, 9.17) is 4.74 Å². The third-order valence-electron chi connectivity index (χ3n) is 2.69. The van der Waals surface area contributed by atoms with E-state index in [-0.39, 0.29) is 0 Å². The Labute approximate surface area is 94.1 Å². The van der Waals surface area contributed by atoms with Crippen LogP contribution in [0.2, 0.25) is 0 Å². The lowest BCUT2D eigenvalue weighted by Gasteiger charge is -2.10. The summed E-state index contributed by atoms with van der Waals surface area (Å²) in [5, 5.41) is 3.45. The molecule has 2 heteroatoms. The van der Waals surface area contributed by atoms with E-state index in [1.54, 1.807) is 0 Å². The molecule has 0 aliphatic carbocycles. The molecule has 1 saturated heterocycles. The highest BCUT2D eigenvalue weighted by Gasteiger charge is 2.19. The Morgan fingerprint density at radius 1 is 1.47 bits per heavy atom. The number of rotatable bonds is 5. The quantitative estimate of drug-likeness (QED) is 0.706. The van der Waals surface area contributed by atoms with Crippen LogP contribution in [0.4, 0.5) is 0 Å². The summed E-state index contributed by atoms with van der Waals surface area (Å²) >= 11 is 0. The molecule has 0 aromatic rings. The second kappa shape index (κ2) is 6.29. The zero-order chi connectivity index (χ0) is 11.3. The van der Waals surface area contributed by atoms with E-state index in [1.165, 1.54) is 18.4 Å². The van der Waals surface area contributed by atoms with Gasteiger partial charge >= 0.3 is 0 Å². The van der Waals surface area contributed by atoms with Gasteiger partial charge in [-0.15, -0.1) is 0 Å². The highest BCUT2D eigenvalue weighted by Crippen LogP contribution is 2.20. The topological polar surface area (TPSA) is 21.3 Å². The van der Waals surface area contributed by atoms with Gasteiger partial charge in [-0.2, -0.15) is 0 Å². The highest BCUT2D eigenvalue weighted by molar-refractivity contribution is 5.05. The van der Waals surface area contributed by atoms with Gasteiger partial charge in [0.2, 0.25) is 0 Å². The number of hydrogen-bond acceptors (Lipinski definition) is 2. The van der Waals surface area contributed by atoms with Gasteiger partial charge in [0, 0.05) is 6.54 Å². The second-order valence-electron chi connectivity index (χ2n) is 5.10. The van der Waals surface area contributed by atoms with Gasteiger partial charge < -0.3 is 10.1 Å². The summed E-state index contributed by atoms with van der Waals surface area (Å²) in [5.74, 6) is 0.723. The van der Waals surface area contributed by atoms with Gasteiger partial charge in [-0.3, -0.25) is 0 Å². The minimum atomic E-state index is 0.362. The van der Waals surface area contributed by atoms with Crippen molar-refractivity contribution in [1.29, 1.82) is 0 Å². The molecule has 2 nitrogen and oxygen atoms in total. The van der Waals surface area contributed by atoms with E-state index >= 15 is 0 Å². The number of nitrogens with one attached hydrogen (secondary N) is 1. The van der Waals surface area contributed by atoms with E-state index in [0.29, 0.717) is 12.2 Å². The molecule has 2 unspecified atom stereocenters. The smallest absolute Gasteiger partial charge is 0.0763 e. The minimum Gasteiger partial charge on any atom is -0.371 e. The van der Waals surface area contributed by atoms with Crippen LogP contribution >= 0.6 is 0 Å². The van der Waals surface area contributed by atoms with E-state index in [0.717, 1.165) is 19.0 Å². The largest absolute Gasteiger partial charge is 0.371 e. The molecule has 88 valence electrons. The van der Waals surface area contributed by atoms with Gasteiger partial charge in [0.05, 0.1) is 12.2 Å². The summed E-state index contributed by atoms with van der Waals surface area (Å²) in [7, 11) is 0. The molecule has 1 fully saturated rings. The maximum Gasteiger partial charge on any atom is 0.0763 e. The van der Waals surface area contributed by atoms with Crippen molar-refractivity contribution in [2.75, 3.05) is 13.1 Å². The van der Waals surface area contributed by atoms with Crippen LogP contribution < -0.4 is 5.32 Å². The third kappa shape index (κ3) is 5.33. The molecule has 1 heterocycles. The van der Waals surface area contributed by atoms with Gasteiger partial charge in [0.25, 0.3) is 0 Å². The maximum absolute atomic E-state index is 5.76. The van der Waals surface area contributed by atoms with Crippen LogP contribution in [-0.2, 0) is 4.74 Å². The predicted molar refractivity (Wildman–Crippen MR) is 65.0 cm³/mol. The first-order valence-corrected chi connectivity index (χ1v) is 6.11. The molecular weight excluding hydrogens is 186 g/mol. The zero-order valence-electron chi connectivity index (χ0n) is 10.5. The first-order valence-electron chi connectivity index (χ1n) is 6.11. The molecule has 0 amide bonds. The van der Waals surface area contributed by atoms with E-state index < -0.39 is 0 Å². The molecule has 0 aromatic heterocycles. The van der Waals surface area contributed by atoms with Crippen molar-refractivity contribution in [1.82, 2.24) is 5.32 Å². The maximum atomic E-state index is 5.76. The summed E-state index contributed by atoms with van der Waals surface area (Å²) in [5.41, 5.74) is 1.40. The summed E-state index contributed by atoms with van der Waals surface area (Å²) in [6.45, 7) is 10.9. The van der Waals surface area contributed by atoms with Crippen LogP contribution in [0.25, 0.3) is 0 Å². The summed E-state index contributed by atoms with van der Waals surface area (Å²) < 4.78 is 5.76. The first-order chi connectivity index (χ1) is 7.08. The van der Waals surface area contributed by atoms with Gasteiger partial charge in [0.1, 0.15) is 0 Å². The average Bonchev–Trinajstić information content (AvgIpc) is 2.50. The Hall–Kier alpha value is -0.340. The van der Waals surface area contributed by atoms with Crippen molar-refractivity contribution in [3.05, 3.63) is 11.6 Å². The third-order valence-corrected chi connectivity index (χ3v) is 2.69. The summed E-state index contributed by atoms with van der Waals surface area (Å²) in [6.07, 6.45) is 5.47. The van der Waals surface area contributed by atoms with Crippen molar-refractivity contribution >= 4 is 0 Å². The predicted octanol–water partition coefficient (Wildman–Crippen LogP) is 2.75. The number of ether oxygens (including phenoxy) is 1. The first kappa shape index (κ1) is 12.7. The number of hydrogen-bond donors (Lipinski definition) is 1. The molecule has 0 saturated carbocycles. The lowest BCUT2D eigenvalue weighted by atomic mass is 10.1. The molecule has 0 bridgehead atoms. The molecule has 1 N–H and O–H groups in total. The van der Waals surface area contributed by atoms with Gasteiger partial charge in [0.15, 0.2) is 0 Å². The molecule has 2 atom stereocenters. The van der Waals surface area contributed by atoms with Crippen LogP contribution in [0.3, 0.4) is 0 Å². The molecule has 15 heavy (non-hydrogen) atoms. The van der Waals surface area contributed by atoms with Gasteiger partial charge in [-0.05, 0) is 39.2 Å². The van der Waals surface area contributed by atoms with Gasteiger partial charge in [-0.25, -0.2) is 0 Å². The van der Waals surface area contributed by atoms with Crippen LogP contribution in [0.15, 0.2) is 11.6 Å². The van der Waals surface area contributed by atoms with Crippen molar-refractivity contribution < 1.29 is 4.74 Å². The SMILES string of the molecule is C/C(=C\C1CCC(C)O1)CNCC(C)C. The Balaban J connectivity index is 2.21. The monoisotopic (exact) mass is 211 g/mol. The Bertz CT molecular complexity index is 211. The van der Waals surface area contributed by atoms with E-state index in [2.05, 4.69) is 39.1 Å². The summed E-state index contributed by atoms with van der Waals surface area (Å²) in [6, 6.07) is 0. The fourth-order valence-corrected chi connectivity index (χ4v) is 1.89. The average molecular weight is 211 g/mol. The fraction of sp³-hybridized carbons (Fsp3) is 0.846. The second-order valence-corrected chi connectivity index (χ2v) is 5.10. The summed E-state index contributed by atoms with van der Waals surface area (Å²) in [4.78, 5) is 0. The molecule has 0 spiro atoms. The fourth-order valence-electron chi connectivity index (χ4n) is 1.89. The normalized spacial score (nSPS) is 27.7. The van der Waals surface area contributed by atoms with Crippen molar-refractivity contribution in [3.63, 3.8) is 0 Å². The molecule has 1 aliphatic heterocycles. The molecule has 0 radical (unpaired) electrons. The van der Waals surface area contributed by atoms with Crippen LogP contribution in [-0.4, -0.2) is 25.3 Å². The standard InChI is InChI=1S/C13H25NO/c1-10(2)8-14-9-11(3)7-13-6-5-12(4)15-13/h7,10,12-14H,5-6,8-9H2,1-4H3/b11-7+. The van der Waals surface area contributed by atoms with Crippen molar-refractivity contribution in [3.8, 4) is 0 Å². The molecule has 1 rings (SSSR count). The van der Waals surface area contributed by atoms with Crippen LogP contribution in [0, 0.1) is 5.92 Å². The Morgan fingerprint density at radius 2 is 2.20 bits per heavy atom. The Kier molecular flexibility index (Phi) is 5.34. The van der Waals surface area contributed by atoms with E-state index in [9.17, 15) is 0 Å². The molecular formula is C13H25NO. The zero-order valence-corrected chi connectivity index (χ0v) is 10.5. The van der Waals surface area contributed by atoms with E-state index in [1.807, 2.05) is 0 Å². The van der Waals surface area contributed by atoms with Crippen LogP contribution in [0.5, 0.6) is 0 Å². The molecule has 1 aliphatic rings. The van der Waals surface area contributed by atoms with Crippen molar-refractivity contribution in [2.45, 2.75) is 52.7 Å². The minimum absolute atomic E-state index is 0.362.